The smallest absolute Gasteiger partial charge is 0.305 e. The quantitative estimate of drug-likeness (QED) is 0.0350. The van der Waals surface area contributed by atoms with Gasteiger partial charge < -0.3 is 34.3 Å². The lowest BCUT2D eigenvalue weighted by atomic mass is 9.77. The molecule has 1 heterocycles. The van der Waals surface area contributed by atoms with Crippen LogP contribution in [0.4, 0.5) is 0 Å². The molecule has 48 heavy (non-hydrogen) atoms. The van der Waals surface area contributed by atoms with Crippen molar-refractivity contribution in [2.75, 3.05) is 14.2 Å². The number of epoxide rings is 1. The first kappa shape index (κ1) is 42.7. The normalized spacial score (nSPS) is 32.2. The zero-order valence-corrected chi connectivity index (χ0v) is 31.0. The van der Waals surface area contributed by atoms with Gasteiger partial charge in [0.2, 0.25) is 0 Å². The first-order chi connectivity index (χ1) is 22.8. The Labute approximate surface area is 297 Å². The molecule has 0 aromatic heterocycles. The van der Waals surface area contributed by atoms with Crippen LogP contribution in [-0.2, 0) is 28.6 Å². The molecule has 0 bridgehead atoms. The number of aldehydes is 1. The summed E-state index contributed by atoms with van der Waals surface area (Å²) in [5.41, 5.74) is -0.200. The van der Waals surface area contributed by atoms with Crippen LogP contribution in [0.15, 0.2) is 24.3 Å². The molecule has 2 unspecified atom stereocenters. The fraction of sp³-hybridized carbons (Fsp3) is 0.811. The molecule has 0 aromatic rings. The molecule has 11 heteroatoms. The molecule has 1 aliphatic heterocycles. The van der Waals surface area contributed by atoms with Crippen LogP contribution in [0.1, 0.15) is 104 Å². The molecule has 3 fully saturated rings. The molecule has 2 saturated carbocycles. The van der Waals surface area contributed by atoms with Gasteiger partial charge in [-0.05, 0) is 75.0 Å². The van der Waals surface area contributed by atoms with E-state index >= 15 is 0 Å². The van der Waals surface area contributed by atoms with Crippen LogP contribution in [0.5, 0.6) is 0 Å². The van der Waals surface area contributed by atoms with Crippen molar-refractivity contribution >= 4 is 41.4 Å². The highest BCUT2D eigenvalue weighted by Gasteiger charge is 2.59. The van der Waals surface area contributed by atoms with E-state index in [2.05, 4.69) is 42.4 Å². The highest BCUT2D eigenvalue weighted by molar-refractivity contribution is 6.21. The van der Waals surface area contributed by atoms with Gasteiger partial charge in [0.15, 0.2) is 0 Å². The third kappa shape index (κ3) is 13.3. The molecule has 276 valence electrons. The fourth-order valence-electron chi connectivity index (χ4n) is 7.04. The van der Waals surface area contributed by atoms with Crippen LogP contribution < -0.4 is 0 Å². The summed E-state index contributed by atoms with van der Waals surface area (Å²) in [5.74, 6) is -0.652. The molecular formula is C37H60Cl2O9. The maximum absolute atomic E-state index is 11.1. The number of aliphatic hydroxyl groups is 3. The highest BCUT2D eigenvalue weighted by atomic mass is 35.5. The number of methoxy groups -OCH3 is 2. The topological polar surface area (TPSA) is 143 Å². The van der Waals surface area contributed by atoms with Gasteiger partial charge in [0.1, 0.15) is 12.4 Å². The Hall–Kier alpha value is -1.49. The largest absolute Gasteiger partial charge is 0.469 e. The predicted molar refractivity (Wildman–Crippen MR) is 188 cm³/mol. The summed E-state index contributed by atoms with van der Waals surface area (Å²) in [7, 11) is 2.78. The van der Waals surface area contributed by atoms with Crippen LogP contribution in [0.2, 0.25) is 0 Å². The van der Waals surface area contributed by atoms with E-state index in [0.29, 0.717) is 32.1 Å². The number of esters is 2. The van der Waals surface area contributed by atoms with Crippen molar-refractivity contribution in [3.8, 4) is 0 Å². The summed E-state index contributed by atoms with van der Waals surface area (Å²) in [6.45, 7) is 6.34. The van der Waals surface area contributed by atoms with Crippen LogP contribution in [-0.4, -0.2) is 89.0 Å². The summed E-state index contributed by atoms with van der Waals surface area (Å²) in [5, 5.41) is 30.9. The minimum Gasteiger partial charge on any atom is -0.469 e. The van der Waals surface area contributed by atoms with E-state index < -0.39 is 18.3 Å². The van der Waals surface area contributed by atoms with E-state index in [4.69, 9.17) is 27.9 Å². The molecule has 3 rings (SSSR count). The van der Waals surface area contributed by atoms with Crippen LogP contribution >= 0.6 is 23.2 Å². The highest BCUT2D eigenvalue weighted by Crippen LogP contribution is 2.50. The molecule has 1 saturated heterocycles. The van der Waals surface area contributed by atoms with Crippen molar-refractivity contribution in [1.29, 1.82) is 0 Å². The average molecular weight is 720 g/mol. The maximum Gasteiger partial charge on any atom is 0.305 e. The van der Waals surface area contributed by atoms with E-state index in [-0.39, 0.29) is 64.0 Å². The monoisotopic (exact) mass is 718 g/mol. The Bertz CT molecular complexity index is 1030. The molecular weight excluding hydrogens is 659 g/mol. The van der Waals surface area contributed by atoms with Crippen molar-refractivity contribution < 1.29 is 43.9 Å². The number of halogens is 2. The summed E-state index contributed by atoms with van der Waals surface area (Å²) >= 11 is 12.7. The fourth-order valence-corrected chi connectivity index (χ4v) is 7.95. The molecule has 0 spiro atoms. The molecule has 0 radical (unpaired) electrons. The van der Waals surface area contributed by atoms with Crippen molar-refractivity contribution in [1.82, 2.24) is 0 Å². The van der Waals surface area contributed by atoms with E-state index in [9.17, 15) is 29.7 Å². The van der Waals surface area contributed by atoms with Gasteiger partial charge in [-0.3, -0.25) is 9.59 Å². The maximum atomic E-state index is 11.1. The Kier molecular flexibility index (Phi) is 19.3. The Morgan fingerprint density at radius 3 is 1.92 bits per heavy atom. The van der Waals surface area contributed by atoms with Gasteiger partial charge in [0, 0.05) is 35.4 Å². The van der Waals surface area contributed by atoms with Gasteiger partial charge in [-0.2, -0.15) is 0 Å². The second-order valence-electron chi connectivity index (χ2n) is 14.2. The van der Waals surface area contributed by atoms with E-state index in [0.717, 1.165) is 57.7 Å². The van der Waals surface area contributed by atoms with Crippen LogP contribution in [0, 0.1) is 29.1 Å². The molecule has 0 aromatic carbocycles. The van der Waals surface area contributed by atoms with Gasteiger partial charge in [-0.15, -0.1) is 23.2 Å². The lowest BCUT2D eigenvalue weighted by Gasteiger charge is -2.30. The number of allylic oxidation sites excluding steroid dienone is 4. The Balaban J connectivity index is 0.000000365. The Morgan fingerprint density at radius 2 is 1.40 bits per heavy atom. The number of carbonyl (C=O) groups excluding carboxylic acids is 3. The lowest BCUT2D eigenvalue weighted by Crippen LogP contribution is -2.37. The number of alkyl halides is 2. The number of unbranched alkanes of at least 4 members (excludes halogenated alkanes) is 3. The number of rotatable bonds is 19. The van der Waals surface area contributed by atoms with Gasteiger partial charge >= 0.3 is 11.9 Å². The first-order valence-corrected chi connectivity index (χ1v) is 18.6. The number of carbonyl (C=O) groups is 3. The van der Waals surface area contributed by atoms with Crippen molar-refractivity contribution in [3.05, 3.63) is 24.3 Å². The summed E-state index contributed by atoms with van der Waals surface area (Å²) in [4.78, 5) is 33.0. The standard InChI is InChI=1S/C23H39ClO5.C14H21ClO4/c1-5-6-13-23(2,3)22(27)21-20(29-21)19-15(16(24)14-17(19)25)11-9-7-8-10-12-18(26)28-4;1-19-14(18)7-5-3-2-4-6-10-11(9-16)13(17)8-12(10)15/h7,9,15-17,19-22,25,27H,5-6,8,10-14H2,1-4H3;2,4,9-13,17H,3,5-8H2,1H3/b9-7-;4-2-/t15-,16+,17+,19+,20?,21?,22+;10-,11-,12-,13-/m01/s1. The Morgan fingerprint density at radius 1 is 0.875 bits per heavy atom. The van der Waals surface area contributed by atoms with Crippen LogP contribution in [0.25, 0.3) is 0 Å². The first-order valence-electron chi connectivity index (χ1n) is 17.7. The third-order valence-electron chi connectivity index (χ3n) is 10.2. The van der Waals surface area contributed by atoms with E-state index in [1.807, 2.05) is 12.2 Å². The zero-order chi connectivity index (χ0) is 35.9. The number of ether oxygens (including phenoxy) is 3. The average Bonchev–Trinajstić information content (AvgIpc) is 3.71. The van der Waals surface area contributed by atoms with Crippen molar-refractivity contribution in [2.45, 2.75) is 146 Å². The van der Waals surface area contributed by atoms with Gasteiger partial charge in [-0.1, -0.05) is 57.9 Å². The molecule has 3 aliphatic rings. The van der Waals surface area contributed by atoms with Crippen LogP contribution in [0.3, 0.4) is 0 Å². The number of hydrogen-bond acceptors (Lipinski definition) is 9. The third-order valence-corrected chi connectivity index (χ3v) is 11.2. The second kappa shape index (κ2) is 21.7. The minimum atomic E-state index is -0.613. The van der Waals surface area contributed by atoms with E-state index in [1.54, 1.807) is 0 Å². The summed E-state index contributed by atoms with van der Waals surface area (Å²) < 4.78 is 15.1. The molecule has 11 atom stereocenters. The zero-order valence-electron chi connectivity index (χ0n) is 29.5. The summed E-state index contributed by atoms with van der Waals surface area (Å²) in [6, 6.07) is 0. The lowest BCUT2D eigenvalue weighted by molar-refractivity contribution is -0.141. The molecule has 0 amide bonds. The number of hydrogen-bond donors (Lipinski definition) is 3. The summed E-state index contributed by atoms with van der Waals surface area (Å²) in [6.07, 6.45) is 16.6. The van der Waals surface area contributed by atoms with Gasteiger partial charge in [0.25, 0.3) is 0 Å². The second-order valence-corrected chi connectivity index (χ2v) is 15.3. The SMILES string of the molecule is CCCCC(C)(C)[C@H](O)C1OC1[C@@H]1[C@@H](C/C=C\CCCC(=O)OC)[C@H](Cl)C[C@H]1O.COC(=O)CCC/C=C\C[C@@H]1[C@@H](C=O)[C@H](O)C[C@H]1Cl. The molecule has 9 nitrogen and oxygen atoms in total. The molecule has 2 aliphatic carbocycles. The minimum absolute atomic E-state index is 0.00558. The van der Waals surface area contributed by atoms with Gasteiger partial charge in [0.05, 0.1) is 38.6 Å². The van der Waals surface area contributed by atoms with Gasteiger partial charge in [-0.25, -0.2) is 0 Å². The van der Waals surface area contributed by atoms with E-state index in [1.165, 1.54) is 14.2 Å². The number of aliphatic hydroxyl groups excluding tert-OH is 3. The molecule has 3 N–H and O–H groups in total. The van der Waals surface area contributed by atoms with Crippen molar-refractivity contribution in [2.24, 2.45) is 29.1 Å². The predicted octanol–water partition coefficient (Wildman–Crippen LogP) is 6.30. The van der Waals surface area contributed by atoms with Crippen molar-refractivity contribution in [3.63, 3.8) is 0 Å².